The normalized spacial score (nSPS) is 16.4. The van der Waals surface area contributed by atoms with Crippen molar-refractivity contribution in [2.45, 2.75) is 18.9 Å². The first kappa shape index (κ1) is 18.1. The summed E-state index contributed by atoms with van der Waals surface area (Å²) in [6.45, 7) is 0.761. The minimum atomic E-state index is -0.328. The number of anilines is 2. The quantitative estimate of drug-likeness (QED) is 0.532. The van der Waals surface area contributed by atoms with Crippen LogP contribution < -0.4 is 10.2 Å². The maximum Gasteiger partial charge on any atom is 0.248 e. The van der Waals surface area contributed by atoms with Crippen molar-refractivity contribution in [3.63, 3.8) is 0 Å². The van der Waals surface area contributed by atoms with E-state index in [9.17, 15) is 9.18 Å². The number of benzene rings is 1. The molecular formula is C19H15FN6OS2. The summed E-state index contributed by atoms with van der Waals surface area (Å²) < 4.78 is 17.4. The molecule has 5 rings (SSSR count). The molecule has 1 atom stereocenters. The van der Waals surface area contributed by atoms with Gasteiger partial charge in [0.25, 0.3) is 0 Å². The minimum Gasteiger partial charge on any atom is -0.344 e. The first-order valence-electron chi connectivity index (χ1n) is 9.04. The van der Waals surface area contributed by atoms with E-state index in [0.717, 1.165) is 47.0 Å². The molecule has 1 aliphatic heterocycles. The Bertz CT molecular complexity index is 1170. The lowest BCUT2D eigenvalue weighted by Gasteiger charge is -2.24. The van der Waals surface area contributed by atoms with Gasteiger partial charge in [0.1, 0.15) is 28.8 Å². The van der Waals surface area contributed by atoms with Crippen LogP contribution in [0.25, 0.3) is 21.6 Å². The number of carbonyl (C=O) groups excluding carboxylic acids is 1. The average Bonchev–Trinajstić information content (AvgIpc) is 3.48. The summed E-state index contributed by atoms with van der Waals surface area (Å²) in [4.78, 5) is 29.0. The van der Waals surface area contributed by atoms with Gasteiger partial charge in [-0.25, -0.2) is 14.4 Å². The summed E-state index contributed by atoms with van der Waals surface area (Å²) in [5, 5.41) is 6.24. The number of aromatic nitrogens is 4. The second-order valence-corrected chi connectivity index (χ2v) is 8.25. The minimum absolute atomic E-state index is 0.133. The molecule has 1 fully saturated rings. The van der Waals surface area contributed by atoms with Crippen molar-refractivity contribution < 1.29 is 9.18 Å². The van der Waals surface area contributed by atoms with Gasteiger partial charge in [-0.1, -0.05) is 0 Å². The Morgan fingerprint density at radius 2 is 2.07 bits per heavy atom. The SMILES string of the molecule is O=C(Nc1nc(-c2ccc(F)cc2)ns1)C1CCCN1c1ncnc2sccc12. The Morgan fingerprint density at radius 1 is 1.21 bits per heavy atom. The molecule has 1 aliphatic rings. The molecule has 1 unspecified atom stereocenters. The van der Waals surface area contributed by atoms with Crippen molar-refractivity contribution in [2.75, 3.05) is 16.8 Å². The Labute approximate surface area is 173 Å². The highest BCUT2D eigenvalue weighted by atomic mass is 32.1. The molecule has 146 valence electrons. The molecule has 7 nitrogen and oxygen atoms in total. The molecule has 0 saturated carbocycles. The van der Waals surface area contributed by atoms with Crippen molar-refractivity contribution in [1.29, 1.82) is 0 Å². The Kier molecular flexibility index (Phi) is 4.64. The van der Waals surface area contributed by atoms with E-state index in [0.29, 0.717) is 16.5 Å². The number of fused-ring (bicyclic) bond motifs is 1. The highest BCUT2D eigenvalue weighted by molar-refractivity contribution is 7.16. The molecule has 4 aromatic rings. The fourth-order valence-electron chi connectivity index (χ4n) is 3.48. The van der Waals surface area contributed by atoms with E-state index < -0.39 is 0 Å². The standard InChI is InChI=1S/C19H15FN6OS2/c20-12-5-3-11(4-6-12)15-23-19(29-25-15)24-17(27)14-2-1-8-26(14)16-13-7-9-28-18(13)22-10-21-16/h3-7,9-10,14H,1-2,8H2,(H,23,24,25,27). The summed E-state index contributed by atoms with van der Waals surface area (Å²) in [5.74, 6) is 0.803. The van der Waals surface area contributed by atoms with Gasteiger partial charge in [0.05, 0.1) is 5.39 Å². The zero-order valence-corrected chi connectivity index (χ0v) is 16.7. The predicted octanol–water partition coefficient (Wildman–Crippen LogP) is 3.96. The lowest BCUT2D eigenvalue weighted by molar-refractivity contribution is -0.117. The van der Waals surface area contributed by atoms with Crippen LogP contribution in [0, 0.1) is 5.82 Å². The van der Waals surface area contributed by atoms with Crippen molar-refractivity contribution in [3.8, 4) is 11.4 Å². The number of amides is 1. The van der Waals surface area contributed by atoms with Crippen molar-refractivity contribution in [2.24, 2.45) is 0 Å². The van der Waals surface area contributed by atoms with Gasteiger partial charge in [-0.05, 0) is 48.6 Å². The first-order chi connectivity index (χ1) is 14.2. The summed E-state index contributed by atoms with van der Waals surface area (Å²) in [5.41, 5.74) is 0.700. The van der Waals surface area contributed by atoms with E-state index in [4.69, 9.17) is 0 Å². The molecule has 1 N–H and O–H groups in total. The van der Waals surface area contributed by atoms with Gasteiger partial charge in [0.15, 0.2) is 5.82 Å². The maximum atomic E-state index is 13.1. The van der Waals surface area contributed by atoms with Crippen molar-refractivity contribution in [1.82, 2.24) is 19.3 Å². The van der Waals surface area contributed by atoms with E-state index in [-0.39, 0.29) is 17.8 Å². The third-order valence-corrected chi connectivity index (χ3v) is 6.28. The van der Waals surface area contributed by atoms with Gasteiger partial charge in [-0.15, -0.1) is 11.3 Å². The number of thiophene rings is 1. The lowest BCUT2D eigenvalue weighted by atomic mass is 10.2. The summed E-state index contributed by atoms with van der Waals surface area (Å²) >= 11 is 2.66. The van der Waals surface area contributed by atoms with Gasteiger partial charge < -0.3 is 4.90 Å². The number of rotatable bonds is 4. The highest BCUT2D eigenvalue weighted by Gasteiger charge is 2.33. The van der Waals surface area contributed by atoms with Crippen LogP contribution in [-0.4, -0.2) is 37.8 Å². The maximum absolute atomic E-state index is 13.1. The average molecular weight is 427 g/mol. The predicted molar refractivity (Wildman–Crippen MR) is 112 cm³/mol. The summed E-state index contributed by atoms with van der Waals surface area (Å²) in [6, 6.07) is 7.61. The van der Waals surface area contributed by atoms with Crippen molar-refractivity contribution in [3.05, 3.63) is 47.9 Å². The molecule has 1 amide bonds. The fourth-order valence-corrected chi connectivity index (χ4v) is 4.80. The van der Waals surface area contributed by atoms with E-state index in [2.05, 4.69) is 24.6 Å². The summed E-state index contributed by atoms with van der Waals surface area (Å²) in [6.07, 6.45) is 3.19. The molecule has 0 spiro atoms. The number of nitrogens with zero attached hydrogens (tertiary/aromatic N) is 5. The molecule has 29 heavy (non-hydrogen) atoms. The van der Waals surface area contributed by atoms with Crippen LogP contribution in [-0.2, 0) is 4.79 Å². The van der Waals surface area contributed by atoms with E-state index in [1.807, 2.05) is 16.3 Å². The fraction of sp³-hybridized carbons (Fsp3) is 0.211. The molecular weight excluding hydrogens is 411 g/mol. The Hall–Kier alpha value is -2.98. The van der Waals surface area contributed by atoms with Gasteiger partial charge in [-0.3, -0.25) is 10.1 Å². The topological polar surface area (TPSA) is 83.9 Å². The van der Waals surface area contributed by atoms with Crippen LogP contribution in [0.2, 0.25) is 0 Å². The molecule has 4 heterocycles. The van der Waals surface area contributed by atoms with Gasteiger partial charge in [-0.2, -0.15) is 9.36 Å². The number of nitrogens with one attached hydrogen (secondary N) is 1. The van der Waals surface area contributed by atoms with E-state index in [1.165, 1.54) is 12.1 Å². The number of hydrogen-bond acceptors (Lipinski definition) is 8. The van der Waals surface area contributed by atoms with Gasteiger partial charge >= 0.3 is 0 Å². The number of carbonyl (C=O) groups is 1. The second kappa shape index (κ2) is 7.45. The number of halogens is 1. The zero-order valence-electron chi connectivity index (χ0n) is 15.1. The highest BCUT2D eigenvalue weighted by Crippen LogP contribution is 2.32. The van der Waals surface area contributed by atoms with E-state index >= 15 is 0 Å². The van der Waals surface area contributed by atoms with Crippen LogP contribution in [0.3, 0.4) is 0 Å². The third kappa shape index (κ3) is 3.45. The molecule has 1 saturated heterocycles. The van der Waals surface area contributed by atoms with Crippen LogP contribution in [0.15, 0.2) is 42.0 Å². The van der Waals surface area contributed by atoms with Crippen molar-refractivity contribution >= 4 is 49.9 Å². The zero-order chi connectivity index (χ0) is 19.8. The Morgan fingerprint density at radius 3 is 2.93 bits per heavy atom. The largest absolute Gasteiger partial charge is 0.344 e. The molecule has 0 aliphatic carbocycles. The summed E-state index contributed by atoms with van der Waals surface area (Å²) in [7, 11) is 0. The molecule has 3 aromatic heterocycles. The first-order valence-corrected chi connectivity index (χ1v) is 10.7. The monoisotopic (exact) mass is 426 g/mol. The number of hydrogen-bond donors (Lipinski definition) is 1. The smallest absolute Gasteiger partial charge is 0.248 e. The Balaban J connectivity index is 1.35. The van der Waals surface area contributed by atoms with Crippen LogP contribution in [0.1, 0.15) is 12.8 Å². The molecule has 10 heteroatoms. The van der Waals surface area contributed by atoms with Crippen LogP contribution >= 0.6 is 22.9 Å². The van der Waals surface area contributed by atoms with E-state index in [1.54, 1.807) is 29.8 Å². The van der Waals surface area contributed by atoms with Crippen LogP contribution in [0.5, 0.6) is 0 Å². The molecule has 1 aromatic carbocycles. The molecule has 0 radical (unpaired) electrons. The van der Waals surface area contributed by atoms with Gasteiger partial charge in [0.2, 0.25) is 11.0 Å². The van der Waals surface area contributed by atoms with Crippen LogP contribution in [0.4, 0.5) is 15.3 Å². The van der Waals surface area contributed by atoms with Gasteiger partial charge in [0, 0.05) is 23.6 Å². The molecule has 0 bridgehead atoms. The third-order valence-electron chi connectivity index (χ3n) is 4.83. The lowest BCUT2D eigenvalue weighted by Crippen LogP contribution is -2.40. The second-order valence-electron chi connectivity index (χ2n) is 6.61.